The molecule has 0 fully saturated rings. The molecule has 0 saturated heterocycles. The molecule has 3 N–H and O–H groups in total. The quantitative estimate of drug-likeness (QED) is 0.852. The predicted molar refractivity (Wildman–Crippen MR) is 65.7 cm³/mol. The number of aromatic nitrogens is 1. The van der Waals surface area contributed by atoms with E-state index in [0.717, 1.165) is 34.5 Å². The highest BCUT2D eigenvalue weighted by Crippen LogP contribution is 2.30. The number of aryl methyl sites for hydroxylation is 1. The lowest BCUT2D eigenvalue weighted by atomic mass is 10.2. The molecule has 0 aliphatic carbocycles. The molecule has 1 heterocycles. The highest BCUT2D eigenvalue weighted by molar-refractivity contribution is 6.39. The van der Waals surface area contributed by atoms with Crippen LogP contribution in [0.1, 0.15) is 12.1 Å². The second-order valence-electron chi connectivity index (χ2n) is 3.50. The zero-order valence-corrected chi connectivity index (χ0v) is 9.70. The molecule has 80 valence electrons. The first-order chi connectivity index (χ1) is 7.22. The van der Waals surface area contributed by atoms with Gasteiger partial charge in [-0.3, -0.25) is 0 Å². The van der Waals surface area contributed by atoms with Gasteiger partial charge < -0.3 is 10.7 Å². The molecule has 0 spiro atoms. The fourth-order valence-corrected chi connectivity index (χ4v) is 2.06. The van der Waals surface area contributed by atoms with Gasteiger partial charge in [0.2, 0.25) is 0 Å². The average Bonchev–Trinajstić information content (AvgIpc) is 2.66. The maximum atomic E-state index is 6.07. The Hall–Kier alpha value is -0.700. The van der Waals surface area contributed by atoms with Crippen LogP contribution in [0.15, 0.2) is 18.2 Å². The van der Waals surface area contributed by atoms with E-state index in [-0.39, 0.29) is 0 Å². The molecule has 0 aliphatic heterocycles. The van der Waals surface area contributed by atoms with Crippen LogP contribution in [0, 0.1) is 0 Å². The van der Waals surface area contributed by atoms with E-state index in [4.69, 9.17) is 28.9 Å². The SMILES string of the molecule is NCCCc1cc2c(Cl)ccc(Cl)c2[nH]1. The normalized spacial score (nSPS) is 11.1. The summed E-state index contributed by atoms with van der Waals surface area (Å²) in [4.78, 5) is 3.27. The summed E-state index contributed by atoms with van der Waals surface area (Å²) in [5.41, 5.74) is 7.51. The molecule has 15 heavy (non-hydrogen) atoms. The Labute approximate surface area is 98.4 Å². The van der Waals surface area contributed by atoms with Gasteiger partial charge in [-0.25, -0.2) is 0 Å². The van der Waals surface area contributed by atoms with E-state index in [2.05, 4.69) is 4.98 Å². The highest BCUT2D eigenvalue weighted by atomic mass is 35.5. The summed E-state index contributed by atoms with van der Waals surface area (Å²) in [5.74, 6) is 0. The Kier molecular flexibility index (Phi) is 3.19. The van der Waals surface area contributed by atoms with Crippen molar-refractivity contribution < 1.29 is 0 Å². The van der Waals surface area contributed by atoms with Crippen LogP contribution >= 0.6 is 23.2 Å². The molecule has 2 nitrogen and oxygen atoms in total. The first kappa shape index (κ1) is 10.8. The van der Waals surface area contributed by atoms with Crippen LogP contribution in [0.5, 0.6) is 0 Å². The average molecular weight is 243 g/mol. The van der Waals surface area contributed by atoms with Crippen molar-refractivity contribution in [1.29, 1.82) is 0 Å². The molecule has 0 atom stereocenters. The molecule has 0 saturated carbocycles. The molecule has 0 amide bonds. The largest absolute Gasteiger partial charge is 0.357 e. The maximum Gasteiger partial charge on any atom is 0.0660 e. The van der Waals surface area contributed by atoms with Gasteiger partial charge in [0, 0.05) is 11.1 Å². The predicted octanol–water partition coefficient (Wildman–Crippen LogP) is 3.37. The van der Waals surface area contributed by atoms with Gasteiger partial charge >= 0.3 is 0 Å². The minimum atomic E-state index is 0.691. The number of benzene rings is 1. The minimum Gasteiger partial charge on any atom is -0.357 e. The van der Waals surface area contributed by atoms with E-state index < -0.39 is 0 Å². The summed E-state index contributed by atoms with van der Waals surface area (Å²) >= 11 is 12.1. The molecule has 2 rings (SSSR count). The monoisotopic (exact) mass is 242 g/mol. The van der Waals surface area contributed by atoms with Crippen LogP contribution in [0.3, 0.4) is 0 Å². The van der Waals surface area contributed by atoms with Crippen LogP contribution in [-0.2, 0) is 6.42 Å². The van der Waals surface area contributed by atoms with Gasteiger partial charge in [-0.05, 0) is 37.6 Å². The first-order valence-electron chi connectivity index (χ1n) is 4.88. The highest BCUT2D eigenvalue weighted by Gasteiger charge is 2.07. The molecule has 0 unspecified atom stereocenters. The maximum absolute atomic E-state index is 6.07. The number of aromatic amines is 1. The molecule has 2 aromatic rings. The number of hydrogen-bond donors (Lipinski definition) is 2. The number of nitrogens with two attached hydrogens (primary N) is 1. The molecule has 0 bridgehead atoms. The molecular weight excluding hydrogens is 231 g/mol. The number of halogens is 2. The fourth-order valence-electron chi connectivity index (χ4n) is 1.63. The standard InChI is InChI=1S/C11H12Cl2N2/c12-9-3-4-10(13)11-8(9)6-7(15-11)2-1-5-14/h3-4,6,15H,1-2,5,14H2. The van der Waals surface area contributed by atoms with Crippen molar-refractivity contribution in [1.82, 2.24) is 4.98 Å². The molecule has 1 aromatic heterocycles. The third-order valence-electron chi connectivity index (χ3n) is 2.40. The zero-order chi connectivity index (χ0) is 10.8. The molecular formula is C11H12Cl2N2. The van der Waals surface area contributed by atoms with E-state index in [1.165, 1.54) is 0 Å². The van der Waals surface area contributed by atoms with Crippen molar-refractivity contribution in [3.63, 3.8) is 0 Å². The van der Waals surface area contributed by atoms with Crippen LogP contribution in [0.4, 0.5) is 0 Å². The number of rotatable bonds is 3. The summed E-state index contributed by atoms with van der Waals surface area (Å²) in [7, 11) is 0. The van der Waals surface area contributed by atoms with E-state index in [1.807, 2.05) is 12.1 Å². The van der Waals surface area contributed by atoms with Crippen molar-refractivity contribution in [3.8, 4) is 0 Å². The molecule has 1 aromatic carbocycles. The van der Waals surface area contributed by atoms with Gasteiger partial charge in [-0.2, -0.15) is 0 Å². The van der Waals surface area contributed by atoms with Crippen LogP contribution in [-0.4, -0.2) is 11.5 Å². The molecule has 0 aliphatic rings. The zero-order valence-electron chi connectivity index (χ0n) is 8.19. The number of nitrogens with one attached hydrogen (secondary N) is 1. The Morgan fingerprint density at radius 3 is 2.60 bits per heavy atom. The Morgan fingerprint density at radius 2 is 1.93 bits per heavy atom. The summed E-state index contributed by atoms with van der Waals surface area (Å²) < 4.78 is 0. The van der Waals surface area contributed by atoms with Crippen molar-refractivity contribution in [3.05, 3.63) is 33.9 Å². The molecule has 0 radical (unpaired) electrons. The lowest BCUT2D eigenvalue weighted by Gasteiger charge is -1.95. The topological polar surface area (TPSA) is 41.8 Å². The van der Waals surface area contributed by atoms with Gasteiger partial charge in [0.15, 0.2) is 0 Å². The van der Waals surface area contributed by atoms with Gasteiger partial charge in [0.1, 0.15) is 0 Å². The van der Waals surface area contributed by atoms with Gasteiger partial charge in [-0.15, -0.1) is 0 Å². The number of hydrogen-bond acceptors (Lipinski definition) is 1. The van der Waals surface area contributed by atoms with Crippen LogP contribution in [0.25, 0.3) is 10.9 Å². The van der Waals surface area contributed by atoms with E-state index >= 15 is 0 Å². The van der Waals surface area contributed by atoms with E-state index in [9.17, 15) is 0 Å². The fraction of sp³-hybridized carbons (Fsp3) is 0.273. The smallest absolute Gasteiger partial charge is 0.0660 e. The van der Waals surface area contributed by atoms with Crippen LogP contribution in [0.2, 0.25) is 10.0 Å². The number of fused-ring (bicyclic) bond motifs is 1. The van der Waals surface area contributed by atoms with E-state index in [1.54, 1.807) is 6.07 Å². The van der Waals surface area contributed by atoms with Crippen molar-refractivity contribution in [2.45, 2.75) is 12.8 Å². The van der Waals surface area contributed by atoms with Crippen molar-refractivity contribution in [2.75, 3.05) is 6.54 Å². The second-order valence-corrected chi connectivity index (χ2v) is 4.32. The van der Waals surface area contributed by atoms with Crippen molar-refractivity contribution >= 4 is 34.1 Å². The summed E-state index contributed by atoms with van der Waals surface area (Å²) in [6, 6.07) is 5.65. The van der Waals surface area contributed by atoms with Gasteiger partial charge in [0.05, 0.1) is 15.6 Å². The Balaban J connectivity index is 2.45. The Bertz CT molecular complexity index is 438. The second kappa shape index (κ2) is 4.44. The summed E-state index contributed by atoms with van der Waals surface area (Å²) in [6.45, 7) is 0.691. The molecule has 4 heteroatoms. The van der Waals surface area contributed by atoms with Crippen molar-refractivity contribution in [2.24, 2.45) is 5.73 Å². The van der Waals surface area contributed by atoms with Gasteiger partial charge in [-0.1, -0.05) is 23.2 Å². The Morgan fingerprint density at radius 1 is 1.20 bits per heavy atom. The first-order valence-corrected chi connectivity index (χ1v) is 5.63. The summed E-state index contributed by atoms with van der Waals surface area (Å²) in [6.07, 6.45) is 1.89. The van der Waals surface area contributed by atoms with Crippen LogP contribution < -0.4 is 5.73 Å². The third-order valence-corrected chi connectivity index (χ3v) is 3.04. The minimum absolute atomic E-state index is 0.691. The summed E-state index contributed by atoms with van der Waals surface area (Å²) in [5, 5.41) is 2.41. The van der Waals surface area contributed by atoms with E-state index in [0.29, 0.717) is 11.6 Å². The van der Waals surface area contributed by atoms with Gasteiger partial charge in [0.25, 0.3) is 0 Å². The third kappa shape index (κ3) is 2.12. The lowest BCUT2D eigenvalue weighted by Crippen LogP contribution is -2.00. The number of H-pyrrole nitrogens is 1. The lowest BCUT2D eigenvalue weighted by molar-refractivity contribution is 0.818.